The Hall–Kier alpha value is -0.210. The zero-order chi connectivity index (χ0) is 11.6. The molecule has 0 saturated carbocycles. The van der Waals surface area contributed by atoms with Crippen molar-refractivity contribution >= 4 is 10.4 Å². The summed E-state index contributed by atoms with van der Waals surface area (Å²) in [6, 6.07) is 0. The Balaban J connectivity index is 0. The van der Waals surface area contributed by atoms with Crippen LogP contribution in [-0.2, 0) is 15.1 Å². The van der Waals surface area contributed by atoms with Crippen LogP contribution in [0.4, 0.5) is 0 Å². The van der Waals surface area contributed by atoms with E-state index in [9.17, 15) is 0 Å². The van der Waals surface area contributed by atoms with Crippen LogP contribution in [0.1, 0.15) is 20.3 Å². The summed E-state index contributed by atoms with van der Waals surface area (Å²) in [5.74, 6) is 0.698. The summed E-state index contributed by atoms with van der Waals surface area (Å²) in [5, 5.41) is 8.31. The summed E-state index contributed by atoms with van der Waals surface area (Å²) in [6.07, 6.45) is 1.08. The predicted molar refractivity (Wildman–Crippen MR) is 51.5 cm³/mol. The van der Waals surface area contributed by atoms with Gasteiger partial charge in [0.05, 0.1) is 13.2 Å². The van der Waals surface area contributed by atoms with Crippen molar-refractivity contribution in [3.8, 4) is 0 Å². The fourth-order valence-corrected chi connectivity index (χ4v) is 0.486. The molecular weight excluding hydrogens is 212 g/mol. The summed E-state index contributed by atoms with van der Waals surface area (Å²) in [5.41, 5.74) is 0. The third-order valence-corrected chi connectivity index (χ3v) is 1.08. The molecule has 7 heteroatoms. The molecule has 0 saturated heterocycles. The number of aliphatic hydroxyl groups is 1. The second kappa shape index (κ2) is 9.35. The first-order chi connectivity index (χ1) is 6.27. The van der Waals surface area contributed by atoms with Crippen molar-refractivity contribution in [1.82, 2.24) is 0 Å². The number of ether oxygens (including phenoxy) is 1. The van der Waals surface area contributed by atoms with E-state index < -0.39 is 10.4 Å². The Bertz CT molecular complexity index is 190. The molecule has 6 nitrogen and oxygen atoms in total. The summed E-state index contributed by atoms with van der Waals surface area (Å²) < 4.78 is 36.6. The largest absolute Gasteiger partial charge is 0.394 e. The van der Waals surface area contributed by atoms with Gasteiger partial charge in [-0.05, 0) is 12.3 Å². The zero-order valence-electron chi connectivity index (χ0n) is 8.38. The Morgan fingerprint density at radius 3 is 1.93 bits per heavy atom. The highest BCUT2D eigenvalue weighted by Gasteiger charge is 1.91. The Kier molecular flexibility index (Phi) is 10.8. The van der Waals surface area contributed by atoms with Gasteiger partial charge in [-0.2, -0.15) is 8.42 Å². The average Bonchev–Trinajstić information content (AvgIpc) is 1.94. The van der Waals surface area contributed by atoms with Crippen molar-refractivity contribution in [1.29, 1.82) is 0 Å². The van der Waals surface area contributed by atoms with Crippen molar-refractivity contribution in [2.45, 2.75) is 20.3 Å². The molecule has 0 radical (unpaired) electrons. The fraction of sp³-hybridized carbons (Fsp3) is 1.00. The highest BCUT2D eigenvalue weighted by molar-refractivity contribution is 7.79. The van der Waals surface area contributed by atoms with E-state index in [-0.39, 0.29) is 6.61 Å². The van der Waals surface area contributed by atoms with Crippen molar-refractivity contribution < 1.29 is 27.4 Å². The maximum absolute atomic E-state index is 8.74. The second-order valence-corrected chi connectivity index (χ2v) is 3.86. The van der Waals surface area contributed by atoms with Crippen LogP contribution in [0.2, 0.25) is 0 Å². The molecule has 0 unspecified atom stereocenters. The van der Waals surface area contributed by atoms with Gasteiger partial charge in [0.2, 0.25) is 0 Å². The normalized spacial score (nSPS) is 11.0. The van der Waals surface area contributed by atoms with E-state index in [4.69, 9.17) is 27.4 Å². The Labute approximate surface area is 84.5 Å². The van der Waals surface area contributed by atoms with Crippen LogP contribution in [0.25, 0.3) is 0 Å². The molecule has 0 aliphatic rings. The van der Waals surface area contributed by atoms with Crippen LogP contribution in [0.3, 0.4) is 0 Å². The van der Waals surface area contributed by atoms with Crippen molar-refractivity contribution in [2.75, 3.05) is 19.8 Å². The van der Waals surface area contributed by atoms with Gasteiger partial charge >= 0.3 is 10.4 Å². The minimum Gasteiger partial charge on any atom is -0.394 e. The van der Waals surface area contributed by atoms with Gasteiger partial charge in [-0.3, -0.25) is 9.11 Å². The van der Waals surface area contributed by atoms with Gasteiger partial charge in [0.15, 0.2) is 0 Å². The Morgan fingerprint density at radius 1 is 1.21 bits per heavy atom. The third kappa shape index (κ3) is 40.9. The molecule has 0 aromatic heterocycles. The summed E-state index contributed by atoms with van der Waals surface area (Å²) in [6.45, 7) is 5.70. The van der Waals surface area contributed by atoms with Gasteiger partial charge in [-0.25, -0.2) is 0 Å². The highest BCUT2D eigenvalue weighted by atomic mass is 32.3. The molecule has 0 heterocycles. The second-order valence-electron chi connectivity index (χ2n) is 2.97. The molecule has 0 rings (SSSR count). The van der Waals surface area contributed by atoms with E-state index in [2.05, 4.69) is 13.8 Å². The van der Waals surface area contributed by atoms with Crippen molar-refractivity contribution in [3.05, 3.63) is 0 Å². The molecule has 0 aliphatic heterocycles. The van der Waals surface area contributed by atoms with Crippen LogP contribution >= 0.6 is 0 Å². The standard InChI is InChI=1S/C7H16O2.H2O4S/c1-7(2)3-5-9-6-4-8;1-5(2,3)4/h7-8H,3-6H2,1-2H3;(H2,1,2,3,4). The van der Waals surface area contributed by atoms with Crippen LogP contribution in [0.15, 0.2) is 0 Å². The van der Waals surface area contributed by atoms with Gasteiger partial charge < -0.3 is 9.84 Å². The van der Waals surface area contributed by atoms with E-state index in [1.165, 1.54) is 0 Å². The number of aliphatic hydroxyl groups excluding tert-OH is 1. The topological polar surface area (TPSA) is 104 Å². The first kappa shape index (κ1) is 16.2. The van der Waals surface area contributed by atoms with Gasteiger partial charge in [0.25, 0.3) is 0 Å². The van der Waals surface area contributed by atoms with Crippen molar-refractivity contribution in [3.63, 3.8) is 0 Å². The molecule has 88 valence electrons. The van der Waals surface area contributed by atoms with E-state index in [0.717, 1.165) is 13.0 Å². The summed E-state index contributed by atoms with van der Waals surface area (Å²) in [4.78, 5) is 0. The molecule has 0 amide bonds. The third-order valence-electron chi connectivity index (χ3n) is 1.08. The minimum absolute atomic E-state index is 0.137. The SMILES string of the molecule is CC(C)CCOCCO.O=S(=O)(O)O. The average molecular weight is 230 g/mol. The van der Waals surface area contributed by atoms with Crippen molar-refractivity contribution in [2.24, 2.45) is 5.92 Å². The quantitative estimate of drug-likeness (QED) is 0.466. The van der Waals surface area contributed by atoms with Crippen LogP contribution < -0.4 is 0 Å². The molecule has 14 heavy (non-hydrogen) atoms. The molecule has 0 aromatic carbocycles. The van der Waals surface area contributed by atoms with Gasteiger partial charge in [-0.15, -0.1) is 0 Å². The highest BCUT2D eigenvalue weighted by Crippen LogP contribution is 1.97. The minimum atomic E-state index is -4.67. The first-order valence-corrected chi connectivity index (χ1v) is 5.55. The van der Waals surface area contributed by atoms with E-state index >= 15 is 0 Å². The maximum atomic E-state index is 8.74. The lowest BCUT2D eigenvalue weighted by Gasteiger charge is -2.03. The van der Waals surface area contributed by atoms with E-state index in [1.54, 1.807) is 0 Å². The summed E-state index contributed by atoms with van der Waals surface area (Å²) in [7, 11) is -4.67. The van der Waals surface area contributed by atoms with Crippen LogP contribution in [0, 0.1) is 5.92 Å². The zero-order valence-corrected chi connectivity index (χ0v) is 9.20. The monoisotopic (exact) mass is 230 g/mol. The van der Waals surface area contributed by atoms with Gasteiger partial charge in [-0.1, -0.05) is 13.8 Å². The predicted octanol–water partition coefficient (Wildman–Crippen LogP) is 0.389. The van der Waals surface area contributed by atoms with E-state index in [1.807, 2.05) is 0 Å². The first-order valence-electron chi connectivity index (χ1n) is 4.16. The maximum Gasteiger partial charge on any atom is 0.394 e. The molecule has 0 bridgehead atoms. The lowest BCUT2D eigenvalue weighted by molar-refractivity contribution is 0.0853. The van der Waals surface area contributed by atoms with E-state index in [0.29, 0.717) is 12.5 Å². The molecule has 3 N–H and O–H groups in total. The lowest BCUT2D eigenvalue weighted by atomic mass is 10.1. The fourth-order valence-electron chi connectivity index (χ4n) is 0.486. The van der Waals surface area contributed by atoms with Crippen LogP contribution in [0.5, 0.6) is 0 Å². The summed E-state index contributed by atoms with van der Waals surface area (Å²) >= 11 is 0. The molecule has 0 aliphatic carbocycles. The van der Waals surface area contributed by atoms with Gasteiger partial charge in [0, 0.05) is 6.61 Å². The smallest absolute Gasteiger partial charge is 0.394 e. The van der Waals surface area contributed by atoms with Crippen LogP contribution in [-0.4, -0.2) is 42.5 Å². The molecular formula is C7H18O6S. The molecule has 0 atom stereocenters. The molecule has 0 fully saturated rings. The number of hydrogen-bond donors (Lipinski definition) is 3. The lowest BCUT2D eigenvalue weighted by Crippen LogP contribution is -2.02. The number of hydrogen-bond acceptors (Lipinski definition) is 4. The molecule has 0 spiro atoms. The van der Waals surface area contributed by atoms with Gasteiger partial charge in [0.1, 0.15) is 0 Å². The molecule has 0 aromatic rings. The Morgan fingerprint density at radius 2 is 1.64 bits per heavy atom. The number of rotatable bonds is 5.